The number of amides is 3. The van der Waals surface area contributed by atoms with Crippen LogP contribution in [0, 0.1) is 11.3 Å². The summed E-state index contributed by atoms with van der Waals surface area (Å²) in [7, 11) is 0. The summed E-state index contributed by atoms with van der Waals surface area (Å²) in [5, 5.41) is 25.5. The molecule has 1 aliphatic rings. The molecular formula is C26H37N3O7. The molecule has 198 valence electrons. The second-order valence-electron chi connectivity index (χ2n) is 9.79. The molecule has 1 fully saturated rings. The quantitative estimate of drug-likeness (QED) is 0.190. The van der Waals surface area contributed by atoms with Gasteiger partial charge in [0.25, 0.3) is 0 Å². The number of hydrogen-bond donors (Lipinski definition) is 5. The molecular weight excluding hydrogens is 466 g/mol. The van der Waals surface area contributed by atoms with Gasteiger partial charge >= 0.3 is 5.97 Å². The lowest BCUT2D eigenvalue weighted by molar-refractivity contribution is -0.143. The van der Waals surface area contributed by atoms with Gasteiger partial charge in [-0.25, -0.2) is 0 Å². The molecule has 0 saturated carbocycles. The van der Waals surface area contributed by atoms with Crippen LogP contribution in [0.3, 0.4) is 0 Å². The molecule has 0 radical (unpaired) electrons. The fraction of sp³-hybridized carbons (Fsp3) is 0.538. The van der Waals surface area contributed by atoms with Crippen LogP contribution in [-0.2, 0) is 30.5 Å². The first-order valence-corrected chi connectivity index (χ1v) is 12.0. The highest BCUT2D eigenvalue weighted by molar-refractivity contribution is 5.91. The highest BCUT2D eigenvalue weighted by Gasteiger charge is 2.43. The molecule has 0 aromatic heterocycles. The van der Waals surface area contributed by atoms with Gasteiger partial charge in [0.1, 0.15) is 12.1 Å². The third-order valence-corrected chi connectivity index (χ3v) is 6.12. The zero-order valence-electron chi connectivity index (χ0n) is 21.2. The van der Waals surface area contributed by atoms with Crippen molar-refractivity contribution in [3.05, 3.63) is 47.5 Å². The first kappa shape index (κ1) is 29.0. The van der Waals surface area contributed by atoms with Gasteiger partial charge in [0.05, 0.1) is 24.7 Å². The molecule has 10 heteroatoms. The summed E-state index contributed by atoms with van der Waals surface area (Å²) in [5.74, 6) is -2.19. The molecule has 5 N–H and O–H groups in total. The number of aliphatic hydroxyl groups excluding tert-OH is 1. The van der Waals surface area contributed by atoms with Crippen LogP contribution in [0.5, 0.6) is 0 Å². The van der Waals surface area contributed by atoms with Crippen LogP contribution < -0.4 is 16.0 Å². The van der Waals surface area contributed by atoms with Crippen LogP contribution in [0.4, 0.5) is 0 Å². The number of carbonyl (C=O) groups is 4. The van der Waals surface area contributed by atoms with Crippen LogP contribution in [0.15, 0.2) is 36.4 Å². The Morgan fingerprint density at radius 1 is 1.11 bits per heavy atom. The Labute approximate surface area is 211 Å². The molecule has 1 aliphatic heterocycles. The van der Waals surface area contributed by atoms with E-state index in [1.165, 1.54) is 13.0 Å². The van der Waals surface area contributed by atoms with Crippen molar-refractivity contribution in [3.63, 3.8) is 0 Å². The van der Waals surface area contributed by atoms with E-state index in [2.05, 4.69) is 22.9 Å². The third kappa shape index (κ3) is 9.09. The monoisotopic (exact) mass is 503 g/mol. The number of carboxylic acids is 1. The van der Waals surface area contributed by atoms with Gasteiger partial charge in [-0.3, -0.25) is 19.2 Å². The molecule has 36 heavy (non-hydrogen) atoms. The maximum Gasteiger partial charge on any atom is 0.325 e. The Bertz CT molecular complexity index is 959. The standard InChI is InChI=1S/C26H37N3O7/c1-16(22-23(36-22)19-11-9-18(14-30)10-12-19)7-5-6-8-20(31)27-13-21(32)28-15-26(3,4)25(35)29-17(2)24(33)34/h6,8-12,16-17,22-23,30H,5,7,13-15H2,1-4H3,(H,27,31)(H,28,32)(H,29,35)(H,33,34)/b8-6+/t16-,17-,22?,23?/m0/s1. The number of hydrogen-bond acceptors (Lipinski definition) is 6. The number of aliphatic carboxylic acids is 1. The Morgan fingerprint density at radius 3 is 2.39 bits per heavy atom. The molecule has 10 nitrogen and oxygen atoms in total. The topological polar surface area (TPSA) is 157 Å². The van der Waals surface area contributed by atoms with E-state index in [1.807, 2.05) is 24.3 Å². The maximum absolute atomic E-state index is 12.2. The van der Waals surface area contributed by atoms with E-state index in [-0.39, 0.29) is 31.9 Å². The molecule has 1 saturated heterocycles. The van der Waals surface area contributed by atoms with Gasteiger partial charge in [-0.15, -0.1) is 0 Å². The summed E-state index contributed by atoms with van der Waals surface area (Å²) < 4.78 is 5.81. The number of benzene rings is 1. The van der Waals surface area contributed by atoms with E-state index in [0.29, 0.717) is 12.3 Å². The Morgan fingerprint density at radius 2 is 1.78 bits per heavy atom. The van der Waals surface area contributed by atoms with Crippen LogP contribution in [0.25, 0.3) is 0 Å². The number of carboxylic acid groups (broad SMARTS) is 1. The fourth-order valence-electron chi connectivity index (χ4n) is 3.49. The van der Waals surface area contributed by atoms with Crippen molar-refractivity contribution < 1.29 is 34.1 Å². The van der Waals surface area contributed by atoms with E-state index in [1.54, 1.807) is 19.9 Å². The number of nitrogens with one attached hydrogen (secondary N) is 3. The summed E-state index contributed by atoms with van der Waals surface area (Å²) in [6.07, 6.45) is 4.88. The predicted molar refractivity (Wildman–Crippen MR) is 133 cm³/mol. The van der Waals surface area contributed by atoms with Crippen LogP contribution >= 0.6 is 0 Å². The Hall–Kier alpha value is -3.24. The lowest BCUT2D eigenvalue weighted by Crippen LogP contribution is -2.50. The van der Waals surface area contributed by atoms with Crippen molar-refractivity contribution in [2.24, 2.45) is 11.3 Å². The largest absolute Gasteiger partial charge is 0.480 e. The lowest BCUT2D eigenvalue weighted by atomic mass is 9.92. The number of allylic oxidation sites excluding steroid dienone is 1. The second-order valence-corrected chi connectivity index (χ2v) is 9.79. The van der Waals surface area contributed by atoms with Gasteiger partial charge in [0, 0.05) is 6.54 Å². The molecule has 1 aromatic carbocycles. The lowest BCUT2D eigenvalue weighted by Gasteiger charge is -2.25. The van der Waals surface area contributed by atoms with Crippen molar-refractivity contribution in [2.75, 3.05) is 13.1 Å². The smallest absolute Gasteiger partial charge is 0.325 e. The van der Waals surface area contributed by atoms with E-state index in [0.717, 1.165) is 17.5 Å². The number of rotatable bonds is 14. The van der Waals surface area contributed by atoms with Gasteiger partial charge in [-0.05, 0) is 56.7 Å². The molecule has 0 aliphatic carbocycles. The summed E-state index contributed by atoms with van der Waals surface area (Å²) in [5.41, 5.74) is 0.938. The molecule has 1 aromatic rings. The maximum atomic E-state index is 12.2. The second kappa shape index (κ2) is 13.2. The highest BCUT2D eigenvalue weighted by atomic mass is 16.6. The molecule has 2 unspecified atom stereocenters. The first-order valence-electron chi connectivity index (χ1n) is 12.0. The number of ether oxygens (including phenoxy) is 1. The van der Waals surface area contributed by atoms with E-state index >= 15 is 0 Å². The summed E-state index contributed by atoms with van der Waals surface area (Å²) in [6, 6.07) is 6.68. The minimum absolute atomic E-state index is 0.0105. The third-order valence-electron chi connectivity index (χ3n) is 6.12. The first-order chi connectivity index (χ1) is 16.9. The molecule has 3 amide bonds. The van der Waals surface area contributed by atoms with Crippen LogP contribution in [0.1, 0.15) is 57.8 Å². The van der Waals surface area contributed by atoms with Crippen LogP contribution in [-0.4, -0.2) is 59.1 Å². The van der Waals surface area contributed by atoms with Crippen molar-refractivity contribution in [3.8, 4) is 0 Å². The average Bonchev–Trinajstić information content (AvgIpc) is 3.65. The minimum atomic E-state index is -1.15. The van der Waals surface area contributed by atoms with Gasteiger partial charge in [-0.2, -0.15) is 0 Å². The number of epoxide rings is 1. The van der Waals surface area contributed by atoms with Crippen LogP contribution in [0.2, 0.25) is 0 Å². The summed E-state index contributed by atoms with van der Waals surface area (Å²) in [4.78, 5) is 47.1. The number of carbonyl (C=O) groups excluding carboxylic acids is 3. The van der Waals surface area contributed by atoms with E-state index in [9.17, 15) is 19.2 Å². The summed E-state index contributed by atoms with van der Waals surface area (Å²) >= 11 is 0. The van der Waals surface area contributed by atoms with Gasteiger partial charge in [0.15, 0.2) is 0 Å². The van der Waals surface area contributed by atoms with Gasteiger partial charge in [-0.1, -0.05) is 37.3 Å². The van der Waals surface area contributed by atoms with Crippen molar-refractivity contribution >= 4 is 23.7 Å². The average molecular weight is 504 g/mol. The molecule has 2 rings (SSSR count). The molecule has 0 spiro atoms. The Kier molecular flexibility index (Phi) is 10.6. The zero-order valence-corrected chi connectivity index (χ0v) is 21.2. The SMILES string of the molecule is C[C@H](NC(=O)C(C)(C)CNC(=O)CNC(=O)/C=C/CC[C@H](C)C1OC1c1ccc(CO)cc1)C(=O)O. The fourth-order valence-corrected chi connectivity index (χ4v) is 3.49. The molecule has 1 heterocycles. The zero-order chi connectivity index (χ0) is 26.9. The van der Waals surface area contributed by atoms with Crippen molar-refractivity contribution in [1.82, 2.24) is 16.0 Å². The van der Waals surface area contributed by atoms with Gasteiger partial charge in [0.2, 0.25) is 17.7 Å². The van der Waals surface area contributed by atoms with Crippen molar-refractivity contribution in [1.29, 1.82) is 0 Å². The highest BCUT2D eigenvalue weighted by Crippen LogP contribution is 2.44. The van der Waals surface area contributed by atoms with E-state index < -0.39 is 35.1 Å². The Balaban J connectivity index is 1.63. The molecule has 0 bridgehead atoms. The molecule has 4 atom stereocenters. The van der Waals surface area contributed by atoms with Crippen molar-refractivity contribution in [2.45, 2.75) is 65.4 Å². The van der Waals surface area contributed by atoms with E-state index in [4.69, 9.17) is 14.9 Å². The predicted octanol–water partition coefficient (Wildman–Crippen LogP) is 1.44. The normalized spacial score (nSPS) is 18.8. The summed E-state index contributed by atoms with van der Waals surface area (Å²) in [6.45, 7) is 6.40. The van der Waals surface area contributed by atoms with Gasteiger partial charge < -0.3 is 30.9 Å². The minimum Gasteiger partial charge on any atom is -0.480 e. The number of aliphatic hydroxyl groups is 1.